The van der Waals surface area contributed by atoms with Gasteiger partial charge in [-0.25, -0.2) is 4.79 Å². The van der Waals surface area contributed by atoms with E-state index in [1.165, 1.54) is 0 Å². The number of nitrogens with zero attached hydrogens (tertiary/aromatic N) is 2. The van der Waals surface area contributed by atoms with Crippen LogP contribution in [0.3, 0.4) is 0 Å². The van der Waals surface area contributed by atoms with Crippen LogP contribution >= 0.6 is 15.9 Å². The third-order valence-electron chi connectivity index (χ3n) is 3.68. The molecule has 1 aliphatic heterocycles. The molecule has 0 saturated heterocycles. The van der Waals surface area contributed by atoms with Gasteiger partial charge in [0, 0.05) is 10.0 Å². The summed E-state index contributed by atoms with van der Waals surface area (Å²) in [6.45, 7) is -0.0479. The average molecular weight is 417 g/mol. The molecule has 0 amide bonds. The molecular weight excluding hydrogens is 404 g/mol. The number of hydrogen-bond donors (Lipinski definition) is 0. The van der Waals surface area contributed by atoms with E-state index >= 15 is 0 Å². The Morgan fingerprint density at radius 3 is 2.73 bits per heavy atom. The Kier molecular flexibility index (Phi) is 4.57. The van der Waals surface area contributed by atoms with Crippen LogP contribution in [0.2, 0.25) is 0 Å². The lowest BCUT2D eigenvalue weighted by Crippen LogP contribution is -2.37. The fraction of sp³-hybridized carbons (Fsp3) is 0.167. The first kappa shape index (κ1) is 16.6. The number of carbonyl (C=O) groups excluding carboxylic acids is 1. The van der Waals surface area contributed by atoms with Crippen molar-refractivity contribution in [1.29, 1.82) is 0 Å². The monoisotopic (exact) mass is 416 g/mol. The highest BCUT2D eigenvalue weighted by molar-refractivity contribution is 9.10. The quantitative estimate of drug-likeness (QED) is 0.602. The lowest BCUT2D eigenvalue weighted by Gasteiger charge is -2.24. The van der Waals surface area contributed by atoms with Crippen LogP contribution in [0.25, 0.3) is 11.4 Å². The summed E-state index contributed by atoms with van der Waals surface area (Å²) in [4.78, 5) is 16.4. The van der Waals surface area contributed by atoms with E-state index in [0.717, 1.165) is 10.0 Å². The number of hydrogen-bond acceptors (Lipinski definition) is 7. The highest BCUT2D eigenvalue weighted by Crippen LogP contribution is 2.31. The maximum Gasteiger partial charge on any atom is 0.351 e. The zero-order valence-electron chi connectivity index (χ0n) is 13.4. The Labute approximate surface area is 157 Å². The molecule has 0 N–H and O–H groups in total. The molecular formula is C18H13BrN2O5. The standard InChI is InChI=1S/C18H13BrN2O5/c19-12-7-5-11(6-8-12)17-20-16(26-21-17)10-24-18(22)15-9-23-13-3-1-2-4-14(13)25-15/h1-8,15H,9-10H2/t15-/m0/s1. The van der Waals surface area contributed by atoms with Crippen LogP contribution in [0.4, 0.5) is 0 Å². The van der Waals surface area contributed by atoms with Gasteiger partial charge in [-0.15, -0.1) is 0 Å². The molecule has 132 valence electrons. The Morgan fingerprint density at radius 2 is 1.92 bits per heavy atom. The topological polar surface area (TPSA) is 83.7 Å². The predicted octanol–water partition coefficient (Wildman–Crippen LogP) is 3.38. The van der Waals surface area contributed by atoms with Gasteiger partial charge in [0.25, 0.3) is 5.89 Å². The van der Waals surface area contributed by atoms with Crippen molar-refractivity contribution in [3.05, 3.63) is 58.9 Å². The van der Waals surface area contributed by atoms with E-state index in [9.17, 15) is 4.79 Å². The van der Waals surface area contributed by atoms with E-state index in [1.807, 2.05) is 30.3 Å². The Morgan fingerprint density at radius 1 is 1.15 bits per heavy atom. The third kappa shape index (κ3) is 3.55. The molecule has 0 fully saturated rings. The summed E-state index contributed by atoms with van der Waals surface area (Å²) in [5, 5.41) is 3.89. The Bertz CT molecular complexity index is 925. The highest BCUT2D eigenvalue weighted by atomic mass is 79.9. The zero-order valence-corrected chi connectivity index (χ0v) is 15.0. The van der Waals surface area contributed by atoms with Gasteiger partial charge in [0.05, 0.1) is 0 Å². The van der Waals surface area contributed by atoms with E-state index in [0.29, 0.717) is 17.3 Å². The lowest BCUT2D eigenvalue weighted by molar-refractivity contribution is -0.156. The molecule has 1 aliphatic rings. The van der Waals surface area contributed by atoms with Crippen LogP contribution in [0, 0.1) is 0 Å². The maximum atomic E-state index is 12.2. The first-order chi connectivity index (χ1) is 12.7. The molecule has 0 spiro atoms. The number of halogens is 1. The number of aromatic nitrogens is 2. The zero-order chi connectivity index (χ0) is 17.9. The van der Waals surface area contributed by atoms with Crippen molar-refractivity contribution in [1.82, 2.24) is 10.1 Å². The fourth-order valence-electron chi connectivity index (χ4n) is 2.39. The second-order valence-electron chi connectivity index (χ2n) is 5.49. The summed E-state index contributed by atoms with van der Waals surface area (Å²) in [6, 6.07) is 14.6. The molecule has 0 aliphatic carbocycles. The second kappa shape index (κ2) is 7.17. The van der Waals surface area contributed by atoms with Gasteiger partial charge < -0.3 is 18.7 Å². The molecule has 0 radical (unpaired) electrons. The fourth-order valence-corrected chi connectivity index (χ4v) is 2.66. The smallest absolute Gasteiger partial charge is 0.351 e. The van der Waals surface area contributed by atoms with Crippen molar-refractivity contribution in [3.63, 3.8) is 0 Å². The molecule has 8 heteroatoms. The number of benzene rings is 2. The van der Waals surface area contributed by atoms with E-state index in [4.69, 9.17) is 18.7 Å². The number of carbonyl (C=O) groups is 1. The van der Waals surface area contributed by atoms with Crippen molar-refractivity contribution in [3.8, 4) is 22.9 Å². The number of esters is 1. The number of fused-ring (bicyclic) bond motifs is 1. The van der Waals surface area contributed by atoms with Crippen LogP contribution in [-0.2, 0) is 16.1 Å². The van der Waals surface area contributed by atoms with E-state index in [-0.39, 0.29) is 19.1 Å². The van der Waals surface area contributed by atoms with Gasteiger partial charge in [-0.1, -0.05) is 33.2 Å². The van der Waals surface area contributed by atoms with E-state index < -0.39 is 12.1 Å². The van der Waals surface area contributed by atoms with Gasteiger partial charge in [0.2, 0.25) is 11.9 Å². The van der Waals surface area contributed by atoms with Gasteiger partial charge in [-0.3, -0.25) is 0 Å². The number of para-hydroxylation sites is 2. The first-order valence-electron chi connectivity index (χ1n) is 7.83. The average Bonchev–Trinajstić information content (AvgIpc) is 3.15. The van der Waals surface area contributed by atoms with Crippen LogP contribution in [0.1, 0.15) is 5.89 Å². The number of ether oxygens (including phenoxy) is 3. The molecule has 1 aromatic heterocycles. The lowest BCUT2D eigenvalue weighted by atomic mass is 10.2. The molecule has 26 heavy (non-hydrogen) atoms. The van der Waals surface area contributed by atoms with Gasteiger partial charge >= 0.3 is 5.97 Å². The molecule has 3 aromatic rings. The summed E-state index contributed by atoms with van der Waals surface area (Å²) >= 11 is 3.37. The van der Waals surface area contributed by atoms with Crippen LogP contribution < -0.4 is 9.47 Å². The van der Waals surface area contributed by atoms with Crippen molar-refractivity contribution < 1.29 is 23.5 Å². The Hall–Kier alpha value is -2.87. The largest absolute Gasteiger partial charge is 0.485 e. The Balaban J connectivity index is 1.36. The van der Waals surface area contributed by atoms with E-state index in [1.54, 1.807) is 18.2 Å². The van der Waals surface area contributed by atoms with Gasteiger partial charge in [0.15, 0.2) is 18.1 Å². The minimum absolute atomic E-state index is 0.0871. The molecule has 0 saturated carbocycles. The van der Waals surface area contributed by atoms with Crippen LogP contribution in [-0.4, -0.2) is 28.8 Å². The summed E-state index contributed by atoms with van der Waals surface area (Å²) in [5.41, 5.74) is 0.801. The summed E-state index contributed by atoms with van der Waals surface area (Å²) < 4.78 is 22.4. The van der Waals surface area contributed by atoms with Crippen LogP contribution in [0.5, 0.6) is 11.5 Å². The SMILES string of the molecule is O=C(OCc1nc(-c2ccc(Br)cc2)no1)[C@@H]1COc2ccccc2O1. The van der Waals surface area contributed by atoms with Crippen molar-refractivity contribution in [2.75, 3.05) is 6.61 Å². The second-order valence-corrected chi connectivity index (χ2v) is 6.41. The minimum atomic E-state index is -0.834. The molecule has 7 nitrogen and oxygen atoms in total. The molecule has 2 heterocycles. The highest BCUT2D eigenvalue weighted by Gasteiger charge is 2.29. The molecule has 2 aromatic carbocycles. The van der Waals surface area contributed by atoms with Crippen molar-refractivity contribution >= 4 is 21.9 Å². The number of rotatable bonds is 4. The molecule has 0 unspecified atom stereocenters. The van der Waals surface area contributed by atoms with Gasteiger partial charge in [0.1, 0.15) is 6.61 Å². The minimum Gasteiger partial charge on any atom is -0.485 e. The summed E-state index contributed by atoms with van der Waals surface area (Å²) in [7, 11) is 0. The molecule has 0 bridgehead atoms. The van der Waals surface area contributed by atoms with E-state index in [2.05, 4.69) is 26.1 Å². The van der Waals surface area contributed by atoms with Crippen molar-refractivity contribution in [2.45, 2.75) is 12.7 Å². The van der Waals surface area contributed by atoms with Crippen LogP contribution in [0.15, 0.2) is 57.5 Å². The summed E-state index contributed by atoms with van der Waals surface area (Å²) in [6.07, 6.45) is -0.834. The summed E-state index contributed by atoms with van der Waals surface area (Å²) in [5.74, 6) is 1.19. The first-order valence-corrected chi connectivity index (χ1v) is 8.62. The third-order valence-corrected chi connectivity index (χ3v) is 4.21. The molecule has 1 atom stereocenters. The molecule has 4 rings (SSSR count). The van der Waals surface area contributed by atoms with Gasteiger partial charge in [-0.05, 0) is 36.4 Å². The predicted molar refractivity (Wildman–Crippen MR) is 93.6 cm³/mol. The van der Waals surface area contributed by atoms with Gasteiger partial charge in [-0.2, -0.15) is 4.98 Å². The van der Waals surface area contributed by atoms with Crippen molar-refractivity contribution in [2.24, 2.45) is 0 Å². The maximum absolute atomic E-state index is 12.2. The normalized spacial score (nSPS) is 15.5.